The predicted octanol–water partition coefficient (Wildman–Crippen LogP) is 4.94. The molecule has 0 aliphatic carbocycles. The van der Waals surface area contributed by atoms with Gasteiger partial charge in [-0.3, -0.25) is 0 Å². The van der Waals surface area contributed by atoms with E-state index < -0.39 is 0 Å². The number of fused-ring (bicyclic) bond motifs is 1. The Hall–Kier alpha value is -1.34. The number of rotatable bonds is 7. The molecule has 18 heavy (non-hydrogen) atoms. The second kappa shape index (κ2) is 7.17. The summed E-state index contributed by atoms with van der Waals surface area (Å²) in [6.45, 7) is 3.84. The van der Waals surface area contributed by atoms with Crippen LogP contribution >= 0.6 is 0 Å². The average Bonchev–Trinajstić information content (AvgIpc) is 2.43. The second-order valence-corrected chi connectivity index (χ2v) is 4.75. The van der Waals surface area contributed by atoms with Gasteiger partial charge in [-0.05, 0) is 22.8 Å². The topological polar surface area (TPSA) is 9.23 Å². The first kappa shape index (κ1) is 13.1. The molecule has 0 amide bonds. The molecule has 0 spiro atoms. The maximum atomic E-state index is 5.77. The number of hydrogen-bond donors (Lipinski definition) is 0. The van der Waals surface area contributed by atoms with Gasteiger partial charge < -0.3 is 4.74 Å². The maximum Gasteiger partial charge on any atom is 0.0722 e. The van der Waals surface area contributed by atoms with Crippen LogP contribution in [-0.2, 0) is 11.3 Å². The van der Waals surface area contributed by atoms with Gasteiger partial charge in [-0.15, -0.1) is 0 Å². The van der Waals surface area contributed by atoms with Gasteiger partial charge in [-0.25, -0.2) is 0 Å². The molecule has 0 heterocycles. The van der Waals surface area contributed by atoms with Gasteiger partial charge in [0.1, 0.15) is 0 Å². The Labute approximate surface area is 110 Å². The van der Waals surface area contributed by atoms with Gasteiger partial charge in [0, 0.05) is 6.61 Å². The van der Waals surface area contributed by atoms with Gasteiger partial charge in [-0.2, -0.15) is 0 Å². The van der Waals surface area contributed by atoms with E-state index in [0.29, 0.717) is 0 Å². The van der Waals surface area contributed by atoms with Crippen LogP contribution in [0.25, 0.3) is 10.8 Å². The van der Waals surface area contributed by atoms with Crippen LogP contribution in [-0.4, -0.2) is 6.61 Å². The molecule has 0 aliphatic heterocycles. The van der Waals surface area contributed by atoms with Crippen molar-refractivity contribution in [1.29, 1.82) is 0 Å². The molecule has 1 heteroatoms. The zero-order valence-electron chi connectivity index (χ0n) is 11.2. The van der Waals surface area contributed by atoms with E-state index in [1.807, 2.05) is 0 Å². The molecule has 0 unspecified atom stereocenters. The number of hydrogen-bond acceptors (Lipinski definition) is 1. The van der Waals surface area contributed by atoms with Gasteiger partial charge in [0.05, 0.1) is 6.61 Å². The molecule has 1 nitrogen and oxygen atoms in total. The van der Waals surface area contributed by atoms with Crippen molar-refractivity contribution >= 4 is 10.8 Å². The highest BCUT2D eigenvalue weighted by Crippen LogP contribution is 2.19. The molecule has 2 aromatic rings. The molecule has 0 aromatic heterocycles. The Morgan fingerprint density at radius 1 is 0.889 bits per heavy atom. The van der Waals surface area contributed by atoms with E-state index in [2.05, 4.69) is 49.4 Å². The van der Waals surface area contributed by atoms with Crippen molar-refractivity contribution in [3.05, 3.63) is 48.0 Å². The lowest BCUT2D eigenvalue weighted by molar-refractivity contribution is 0.117. The average molecular weight is 242 g/mol. The van der Waals surface area contributed by atoms with Crippen LogP contribution in [0.15, 0.2) is 42.5 Å². The molecule has 2 aromatic carbocycles. The molecule has 0 saturated carbocycles. The molecule has 2 rings (SSSR count). The third-order valence-corrected chi connectivity index (χ3v) is 3.28. The number of benzene rings is 2. The Balaban J connectivity index is 1.88. The summed E-state index contributed by atoms with van der Waals surface area (Å²) in [6, 6.07) is 14.9. The molecule has 0 atom stereocenters. The van der Waals surface area contributed by atoms with E-state index >= 15 is 0 Å². The SMILES string of the molecule is CCCCCCOCc1cccc2ccccc12. The Kier molecular flexibility index (Phi) is 5.22. The Morgan fingerprint density at radius 3 is 2.61 bits per heavy atom. The number of unbranched alkanes of at least 4 members (excludes halogenated alkanes) is 3. The summed E-state index contributed by atoms with van der Waals surface area (Å²) in [5, 5.41) is 2.61. The highest BCUT2D eigenvalue weighted by atomic mass is 16.5. The lowest BCUT2D eigenvalue weighted by Crippen LogP contribution is -1.96. The van der Waals surface area contributed by atoms with Crippen LogP contribution < -0.4 is 0 Å². The molecule has 0 fully saturated rings. The zero-order chi connectivity index (χ0) is 12.6. The minimum absolute atomic E-state index is 0.730. The third-order valence-electron chi connectivity index (χ3n) is 3.28. The van der Waals surface area contributed by atoms with Crippen LogP contribution in [0.5, 0.6) is 0 Å². The van der Waals surface area contributed by atoms with Crippen LogP contribution in [0.3, 0.4) is 0 Å². The summed E-state index contributed by atoms with van der Waals surface area (Å²) in [6.07, 6.45) is 5.06. The van der Waals surface area contributed by atoms with Gasteiger partial charge >= 0.3 is 0 Å². The highest BCUT2D eigenvalue weighted by Gasteiger charge is 1.99. The van der Waals surface area contributed by atoms with Crippen molar-refractivity contribution < 1.29 is 4.74 Å². The zero-order valence-corrected chi connectivity index (χ0v) is 11.2. The fourth-order valence-corrected chi connectivity index (χ4v) is 2.23. The molecule has 0 N–H and O–H groups in total. The molecule has 96 valence electrons. The van der Waals surface area contributed by atoms with E-state index in [-0.39, 0.29) is 0 Å². The fraction of sp³-hybridized carbons (Fsp3) is 0.412. The lowest BCUT2D eigenvalue weighted by Gasteiger charge is -2.07. The second-order valence-electron chi connectivity index (χ2n) is 4.75. The predicted molar refractivity (Wildman–Crippen MR) is 77.7 cm³/mol. The summed E-state index contributed by atoms with van der Waals surface area (Å²) in [5.74, 6) is 0. The first-order valence-corrected chi connectivity index (χ1v) is 6.96. The van der Waals surface area contributed by atoms with E-state index in [0.717, 1.165) is 13.2 Å². The highest BCUT2D eigenvalue weighted by molar-refractivity contribution is 5.85. The number of ether oxygens (including phenoxy) is 1. The minimum atomic E-state index is 0.730. The summed E-state index contributed by atoms with van der Waals surface area (Å²) < 4.78 is 5.77. The molecule has 0 saturated heterocycles. The van der Waals surface area contributed by atoms with Crippen LogP contribution in [0.1, 0.15) is 38.2 Å². The van der Waals surface area contributed by atoms with Gasteiger partial charge in [-0.1, -0.05) is 68.7 Å². The van der Waals surface area contributed by atoms with Crippen molar-refractivity contribution in [2.45, 2.75) is 39.2 Å². The minimum Gasteiger partial charge on any atom is -0.377 e. The smallest absolute Gasteiger partial charge is 0.0722 e. The lowest BCUT2D eigenvalue weighted by atomic mass is 10.1. The molecule has 0 bridgehead atoms. The normalized spacial score (nSPS) is 10.9. The summed E-state index contributed by atoms with van der Waals surface area (Å²) in [5.41, 5.74) is 1.29. The van der Waals surface area contributed by atoms with Crippen molar-refractivity contribution in [3.63, 3.8) is 0 Å². The molecule has 0 aliphatic rings. The largest absolute Gasteiger partial charge is 0.377 e. The standard InChI is InChI=1S/C17H22O/c1-2-3-4-7-13-18-14-16-11-8-10-15-9-5-6-12-17(15)16/h5-6,8-12H,2-4,7,13-14H2,1H3. The first-order chi connectivity index (χ1) is 8.92. The Morgan fingerprint density at radius 2 is 1.72 bits per heavy atom. The van der Waals surface area contributed by atoms with Gasteiger partial charge in [0.25, 0.3) is 0 Å². The molecule has 0 radical (unpaired) electrons. The van der Waals surface area contributed by atoms with Gasteiger partial charge in [0.2, 0.25) is 0 Å². The summed E-state index contributed by atoms with van der Waals surface area (Å²) in [4.78, 5) is 0. The van der Waals surface area contributed by atoms with Crippen LogP contribution in [0, 0.1) is 0 Å². The Bertz CT molecular complexity index is 470. The van der Waals surface area contributed by atoms with Gasteiger partial charge in [0.15, 0.2) is 0 Å². The maximum absolute atomic E-state index is 5.77. The molecular formula is C17H22O. The van der Waals surface area contributed by atoms with E-state index in [4.69, 9.17) is 4.74 Å². The third kappa shape index (κ3) is 3.58. The van der Waals surface area contributed by atoms with Crippen molar-refractivity contribution in [3.8, 4) is 0 Å². The van der Waals surface area contributed by atoms with Crippen molar-refractivity contribution in [2.24, 2.45) is 0 Å². The van der Waals surface area contributed by atoms with Crippen LogP contribution in [0.2, 0.25) is 0 Å². The molecular weight excluding hydrogens is 220 g/mol. The monoisotopic (exact) mass is 242 g/mol. The van der Waals surface area contributed by atoms with Crippen LogP contribution in [0.4, 0.5) is 0 Å². The summed E-state index contributed by atoms with van der Waals surface area (Å²) >= 11 is 0. The van der Waals surface area contributed by atoms with Crippen molar-refractivity contribution in [2.75, 3.05) is 6.61 Å². The summed E-state index contributed by atoms with van der Waals surface area (Å²) in [7, 11) is 0. The van der Waals surface area contributed by atoms with Crippen molar-refractivity contribution in [1.82, 2.24) is 0 Å². The van der Waals surface area contributed by atoms with E-state index in [1.54, 1.807) is 0 Å². The quantitative estimate of drug-likeness (QED) is 0.625. The van der Waals surface area contributed by atoms with E-state index in [9.17, 15) is 0 Å². The van der Waals surface area contributed by atoms with E-state index in [1.165, 1.54) is 42.0 Å². The first-order valence-electron chi connectivity index (χ1n) is 6.96. The fourth-order valence-electron chi connectivity index (χ4n) is 2.23.